The lowest BCUT2D eigenvalue weighted by atomic mass is 10.3. The number of hydrogen-bond acceptors (Lipinski definition) is 7. The van der Waals surface area contributed by atoms with Crippen LogP contribution in [0.4, 0.5) is 22.3 Å². The third kappa shape index (κ3) is 3.57. The molecule has 0 saturated carbocycles. The minimum atomic E-state index is 0.776. The molecule has 0 aliphatic heterocycles. The summed E-state index contributed by atoms with van der Waals surface area (Å²) in [7, 11) is 1.67. The number of nitrogens with zero attached hydrogens (tertiary/aromatic N) is 3. The summed E-state index contributed by atoms with van der Waals surface area (Å²) in [6.07, 6.45) is 1.55. The van der Waals surface area contributed by atoms with Crippen LogP contribution >= 0.6 is 11.3 Å². The van der Waals surface area contributed by atoms with Crippen LogP contribution in [0.25, 0.3) is 10.2 Å². The minimum Gasteiger partial charge on any atom is -0.497 e. The molecule has 130 valence electrons. The number of anilines is 4. The molecule has 2 N–H and O–H groups in total. The van der Waals surface area contributed by atoms with Gasteiger partial charge in [0.25, 0.3) is 0 Å². The average Bonchev–Trinajstić information content (AvgIpc) is 3.04. The molecule has 6 nitrogen and oxygen atoms in total. The molecule has 7 heteroatoms. The first kappa shape index (κ1) is 16.3. The predicted molar refractivity (Wildman–Crippen MR) is 106 cm³/mol. The second-order valence-electron chi connectivity index (χ2n) is 5.72. The van der Waals surface area contributed by atoms with Gasteiger partial charge in [-0.25, -0.2) is 15.0 Å². The molecule has 0 saturated heterocycles. The number of aromatic nitrogens is 3. The Hall–Kier alpha value is -3.19. The van der Waals surface area contributed by atoms with Gasteiger partial charge < -0.3 is 15.4 Å². The smallest absolute Gasteiger partial charge is 0.188 e. The Morgan fingerprint density at radius 2 is 1.69 bits per heavy atom. The van der Waals surface area contributed by atoms with Crippen molar-refractivity contribution in [1.82, 2.24) is 15.0 Å². The number of fused-ring (bicyclic) bond motifs is 1. The number of methoxy groups -OCH3 is 1. The van der Waals surface area contributed by atoms with Crippen molar-refractivity contribution in [2.45, 2.75) is 6.92 Å². The molecule has 0 bridgehead atoms. The lowest BCUT2D eigenvalue weighted by Crippen LogP contribution is -1.95. The number of ether oxygens (including phenoxy) is 1. The van der Waals surface area contributed by atoms with Crippen LogP contribution in [0.2, 0.25) is 0 Å². The first-order chi connectivity index (χ1) is 12.7. The summed E-state index contributed by atoms with van der Waals surface area (Å²) in [4.78, 5) is 12.9. The molecule has 2 heterocycles. The highest BCUT2D eigenvalue weighted by molar-refractivity contribution is 7.22. The normalized spacial score (nSPS) is 10.7. The minimum absolute atomic E-state index is 0.776. The van der Waals surface area contributed by atoms with E-state index in [-0.39, 0.29) is 0 Å². The summed E-state index contributed by atoms with van der Waals surface area (Å²) >= 11 is 1.60. The molecule has 0 unspecified atom stereocenters. The van der Waals surface area contributed by atoms with Gasteiger partial charge in [0.05, 0.1) is 17.3 Å². The van der Waals surface area contributed by atoms with Gasteiger partial charge in [-0.1, -0.05) is 11.3 Å². The lowest BCUT2D eigenvalue weighted by molar-refractivity contribution is 0.415. The SMILES string of the molecule is COc1ccc2nc(Nc3ccc(Nc4cc(C)ncn4)cc3)sc2c1. The molecule has 0 amide bonds. The molecule has 4 aromatic rings. The zero-order valence-electron chi connectivity index (χ0n) is 14.4. The van der Waals surface area contributed by atoms with E-state index in [4.69, 9.17) is 4.74 Å². The first-order valence-corrected chi connectivity index (χ1v) is 8.88. The maximum atomic E-state index is 5.26. The maximum Gasteiger partial charge on any atom is 0.188 e. The van der Waals surface area contributed by atoms with Gasteiger partial charge in [-0.05, 0) is 49.4 Å². The molecule has 2 aromatic carbocycles. The molecular weight excluding hydrogens is 346 g/mol. The van der Waals surface area contributed by atoms with Crippen LogP contribution in [0.15, 0.2) is 54.9 Å². The van der Waals surface area contributed by atoms with Crippen LogP contribution in [0.1, 0.15) is 5.69 Å². The Bertz CT molecular complexity index is 1050. The highest BCUT2D eigenvalue weighted by atomic mass is 32.1. The zero-order chi connectivity index (χ0) is 17.9. The van der Waals surface area contributed by atoms with Crippen molar-refractivity contribution in [2.24, 2.45) is 0 Å². The number of rotatable bonds is 5. The number of aryl methyl sites for hydroxylation is 1. The fraction of sp³-hybridized carbons (Fsp3) is 0.105. The van der Waals surface area contributed by atoms with Gasteiger partial charge in [0.1, 0.15) is 17.9 Å². The third-order valence-electron chi connectivity index (χ3n) is 3.81. The summed E-state index contributed by atoms with van der Waals surface area (Å²) in [5.74, 6) is 1.61. The van der Waals surface area contributed by atoms with E-state index in [1.54, 1.807) is 24.8 Å². The number of thiazole rings is 1. The molecule has 0 radical (unpaired) electrons. The Labute approximate surface area is 154 Å². The second kappa shape index (κ2) is 6.97. The van der Waals surface area contributed by atoms with E-state index in [2.05, 4.69) is 25.6 Å². The van der Waals surface area contributed by atoms with Crippen LogP contribution in [0.5, 0.6) is 5.75 Å². The largest absolute Gasteiger partial charge is 0.497 e. The fourth-order valence-electron chi connectivity index (χ4n) is 2.52. The summed E-state index contributed by atoms with van der Waals surface area (Å²) in [6, 6.07) is 15.8. The molecule has 26 heavy (non-hydrogen) atoms. The van der Waals surface area contributed by atoms with E-state index < -0.39 is 0 Å². The summed E-state index contributed by atoms with van der Waals surface area (Å²) in [5.41, 5.74) is 3.81. The Morgan fingerprint density at radius 3 is 2.42 bits per heavy atom. The van der Waals surface area contributed by atoms with Gasteiger partial charge >= 0.3 is 0 Å². The van der Waals surface area contributed by atoms with Crippen LogP contribution in [-0.4, -0.2) is 22.1 Å². The van der Waals surface area contributed by atoms with Crippen molar-refractivity contribution in [1.29, 1.82) is 0 Å². The average molecular weight is 363 g/mol. The van der Waals surface area contributed by atoms with Crippen molar-refractivity contribution in [3.05, 3.63) is 60.6 Å². The van der Waals surface area contributed by atoms with Crippen LogP contribution < -0.4 is 15.4 Å². The topological polar surface area (TPSA) is 72.0 Å². The highest BCUT2D eigenvalue weighted by Crippen LogP contribution is 2.31. The molecule has 0 aliphatic rings. The van der Waals surface area contributed by atoms with E-state index in [9.17, 15) is 0 Å². The van der Waals surface area contributed by atoms with E-state index in [1.165, 1.54) is 0 Å². The third-order valence-corrected chi connectivity index (χ3v) is 4.74. The fourth-order valence-corrected chi connectivity index (χ4v) is 3.43. The number of nitrogens with one attached hydrogen (secondary N) is 2. The van der Waals surface area contributed by atoms with Crippen molar-refractivity contribution < 1.29 is 4.74 Å². The standard InChI is InChI=1S/C19H17N5OS/c1-12-9-18(21-11-20-12)22-13-3-5-14(6-4-13)23-19-24-16-8-7-15(25-2)10-17(16)26-19/h3-11H,1-2H3,(H,23,24)(H,20,21,22). The summed E-state index contributed by atoms with van der Waals surface area (Å²) in [6.45, 7) is 1.94. The highest BCUT2D eigenvalue weighted by Gasteiger charge is 2.06. The monoisotopic (exact) mass is 363 g/mol. The zero-order valence-corrected chi connectivity index (χ0v) is 15.2. The van der Waals surface area contributed by atoms with Crippen molar-refractivity contribution in [2.75, 3.05) is 17.7 Å². The van der Waals surface area contributed by atoms with E-state index in [0.29, 0.717) is 0 Å². The van der Waals surface area contributed by atoms with Crippen molar-refractivity contribution in [3.8, 4) is 5.75 Å². The van der Waals surface area contributed by atoms with E-state index in [0.717, 1.165) is 44.0 Å². The quantitative estimate of drug-likeness (QED) is 0.526. The van der Waals surface area contributed by atoms with Crippen LogP contribution in [0.3, 0.4) is 0 Å². The van der Waals surface area contributed by atoms with Gasteiger partial charge in [0.15, 0.2) is 5.13 Å². The van der Waals surface area contributed by atoms with Gasteiger partial charge in [0.2, 0.25) is 0 Å². The summed E-state index contributed by atoms with van der Waals surface area (Å²) < 4.78 is 6.35. The first-order valence-electron chi connectivity index (χ1n) is 8.07. The molecule has 0 spiro atoms. The van der Waals surface area contributed by atoms with Gasteiger partial charge in [-0.15, -0.1) is 0 Å². The van der Waals surface area contributed by atoms with E-state index in [1.807, 2.05) is 55.5 Å². The lowest BCUT2D eigenvalue weighted by Gasteiger charge is -2.07. The van der Waals surface area contributed by atoms with Gasteiger partial charge in [0, 0.05) is 23.1 Å². The Kier molecular flexibility index (Phi) is 4.37. The Balaban J connectivity index is 1.48. The molecule has 2 aromatic heterocycles. The maximum absolute atomic E-state index is 5.26. The van der Waals surface area contributed by atoms with Crippen LogP contribution in [0, 0.1) is 6.92 Å². The Morgan fingerprint density at radius 1 is 0.923 bits per heavy atom. The molecule has 0 atom stereocenters. The van der Waals surface area contributed by atoms with Crippen molar-refractivity contribution in [3.63, 3.8) is 0 Å². The molecule has 0 fully saturated rings. The molecule has 0 aliphatic carbocycles. The second-order valence-corrected chi connectivity index (χ2v) is 6.76. The number of hydrogen-bond donors (Lipinski definition) is 2. The predicted octanol–water partition coefficient (Wildman–Crippen LogP) is 4.89. The van der Waals surface area contributed by atoms with Gasteiger partial charge in [-0.2, -0.15) is 0 Å². The van der Waals surface area contributed by atoms with Gasteiger partial charge in [-0.3, -0.25) is 0 Å². The van der Waals surface area contributed by atoms with Crippen LogP contribution in [-0.2, 0) is 0 Å². The molecular formula is C19H17N5OS. The van der Waals surface area contributed by atoms with E-state index >= 15 is 0 Å². The van der Waals surface area contributed by atoms with Crippen molar-refractivity contribution >= 4 is 43.9 Å². The number of benzene rings is 2. The summed E-state index contributed by atoms with van der Waals surface area (Å²) in [5, 5.41) is 7.46. The molecule has 4 rings (SSSR count).